The Morgan fingerprint density at radius 1 is 1.25 bits per heavy atom. The maximum absolute atomic E-state index is 13.4. The normalized spacial score (nSPS) is 22.0. The Balaban J connectivity index is 1.59. The van der Waals surface area contributed by atoms with Crippen molar-refractivity contribution in [3.05, 3.63) is 59.4 Å². The second-order valence-corrected chi connectivity index (χ2v) is 6.57. The van der Waals surface area contributed by atoms with E-state index in [0.29, 0.717) is 0 Å². The monoisotopic (exact) mass is 325 g/mol. The first-order valence-electron chi connectivity index (χ1n) is 8.42. The molecule has 1 amide bonds. The van der Waals surface area contributed by atoms with Gasteiger partial charge in [-0.15, -0.1) is 0 Å². The van der Waals surface area contributed by atoms with Gasteiger partial charge in [-0.25, -0.2) is 4.39 Å². The van der Waals surface area contributed by atoms with E-state index in [2.05, 4.69) is 6.07 Å². The summed E-state index contributed by atoms with van der Waals surface area (Å²) in [6, 6.07) is 12.5. The van der Waals surface area contributed by atoms with E-state index in [4.69, 9.17) is 4.74 Å². The molecule has 0 saturated heterocycles. The highest BCUT2D eigenvalue weighted by atomic mass is 19.1. The second kappa shape index (κ2) is 5.93. The number of para-hydroxylation sites is 1. The topological polar surface area (TPSA) is 29.5 Å². The highest BCUT2D eigenvalue weighted by Gasteiger charge is 2.47. The number of anilines is 1. The van der Waals surface area contributed by atoms with Gasteiger partial charge in [-0.05, 0) is 54.5 Å². The van der Waals surface area contributed by atoms with Gasteiger partial charge in [0, 0.05) is 12.5 Å². The minimum absolute atomic E-state index is 0.0531. The van der Waals surface area contributed by atoms with Gasteiger partial charge in [-0.3, -0.25) is 4.79 Å². The molecule has 4 rings (SSSR count). The number of nitrogens with zero attached hydrogens (tertiary/aromatic N) is 1. The standard InChI is InChI=1S/C20H20FNO2/c1-24-18-9-3-5-13-7-4-10-22(19(13)18)20(23)17-12-16(17)14-6-2-8-15(21)11-14/h2-3,5-6,8-9,11,16-17H,4,7,10,12H2,1H3/t16-,17+/m0/s1. The SMILES string of the molecule is COc1cccc2c1N(C(=O)[C@@H]1C[C@H]1c1cccc(F)c1)CCC2. The molecule has 0 unspecified atom stereocenters. The third-order valence-corrected chi connectivity index (χ3v) is 5.05. The van der Waals surface area contributed by atoms with Crippen LogP contribution in [0.3, 0.4) is 0 Å². The Labute approximate surface area is 141 Å². The van der Waals surface area contributed by atoms with Crippen molar-refractivity contribution < 1.29 is 13.9 Å². The van der Waals surface area contributed by atoms with Gasteiger partial charge in [-0.1, -0.05) is 24.3 Å². The van der Waals surface area contributed by atoms with E-state index in [1.54, 1.807) is 19.2 Å². The molecule has 1 aliphatic carbocycles. The van der Waals surface area contributed by atoms with Gasteiger partial charge in [0.2, 0.25) is 5.91 Å². The van der Waals surface area contributed by atoms with E-state index in [1.165, 1.54) is 6.07 Å². The van der Waals surface area contributed by atoms with Crippen molar-refractivity contribution in [3.8, 4) is 5.75 Å². The fraction of sp³-hybridized carbons (Fsp3) is 0.350. The number of methoxy groups -OCH3 is 1. The summed E-state index contributed by atoms with van der Waals surface area (Å²) in [4.78, 5) is 14.9. The van der Waals surface area contributed by atoms with E-state index in [-0.39, 0.29) is 23.6 Å². The highest BCUT2D eigenvalue weighted by Crippen LogP contribution is 2.50. The first-order chi connectivity index (χ1) is 11.7. The van der Waals surface area contributed by atoms with Crippen LogP contribution in [0.1, 0.15) is 29.9 Å². The van der Waals surface area contributed by atoms with Crippen LogP contribution in [-0.4, -0.2) is 19.6 Å². The minimum atomic E-state index is -0.240. The molecule has 2 aliphatic rings. The van der Waals surface area contributed by atoms with Gasteiger partial charge in [-0.2, -0.15) is 0 Å². The van der Waals surface area contributed by atoms with E-state index in [9.17, 15) is 9.18 Å². The molecular weight excluding hydrogens is 305 g/mol. The highest BCUT2D eigenvalue weighted by molar-refractivity contribution is 5.99. The summed E-state index contributed by atoms with van der Waals surface area (Å²) >= 11 is 0. The molecule has 2 aromatic carbocycles. The minimum Gasteiger partial charge on any atom is -0.495 e. The Morgan fingerprint density at radius 3 is 2.88 bits per heavy atom. The number of carbonyl (C=O) groups excluding carboxylic acids is 1. The van der Waals surface area contributed by atoms with Crippen LogP contribution in [0.5, 0.6) is 5.75 Å². The number of rotatable bonds is 3. The summed E-state index contributed by atoms with van der Waals surface area (Å²) in [7, 11) is 1.64. The van der Waals surface area contributed by atoms with Gasteiger partial charge < -0.3 is 9.64 Å². The molecule has 0 bridgehead atoms. The maximum Gasteiger partial charge on any atom is 0.230 e. The van der Waals surface area contributed by atoms with Crippen LogP contribution >= 0.6 is 0 Å². The van der Waals surface area contributed by atoms with Crippen LogP contribution in [0, 0.1) is 11.7 Å². The number of amides is 1. The number of fused-ring (bicyclic) bond motifs is 1. The lowest BCUT2D eigenvalue weighted by Gasteiger charge is -2.31. The zero-order chi connectivity index (χ0) is 16.7. The van der Waals surface area contributed by atoms with Crippen molar-refractivity contribution in [1.82, 2.24) is 0 Å². The number of benzene rings is 2. The van der Waals surface area contributed by atoms with Crippen LogP contribution in [0.25, 0.3) is 0 Å². The lowest BCUT2D eigenvalue weighted by atomic mass is 10.00. The lowest BCUT2D eigenvalue weighted by Crippen LogP contribution is -2.37. The van der Waals surface area contributed by atoms with Crippen molar-refractivity contribution >= 4 is 11.6 Å². The molecule has 124 valence electrons. The summed E-state index contributed by atoms with van der Waals surface area (Å²) in [5.74, 6) is 0.727. The fourth-order valence-electron chi connectivity index (χ4n) is 3.77. The van der Waals surface area contributed by atoms with Gasteiger partial charge in [0.25, 0.3) is 0 Å². The predicted octanol–water partition coefficient (Wildman–Crippen LogP) is 3.92. The van der Waals surface area contributed by atoms with Crippen LogP contribution in [0.4, 0.5) is 10.1 Å². The summed E-state index contributed by atoms with van der Waals surface area (Å²) in [5.41, 5.74) is 3.00. The molecule has 4 heteroatoms. The molecule has 1 fully saturated rings. The maximum atomic E-state index is 13.4. The number of hydrogen-bond acceptors (Lipinski definition) is 2. The third kappa shape index (κ3) is 2.56. The molecule has 1 heterocycles. The molecule has 0 N–H and O–H groups in total. The molecule has 24 heavy (non-hydrogen) atoms. The number of carbonyl (C=O) groups is 1. The van der Waals surface area contributed by atoms with Crippen molar-refractivity contribution in [3.63, 3.8) is 0 Å². The molecule has 0 radical (unpaired) electrons. The lowest BCUT2D eigenvalue weighted by molar-refractivity contribution is -0.120. The van der Waals surface area contributed by atoms with Crippen LogP contribution < -0.4 is 9.64 Å². The predicted molar refractivity (Wildman–Crippen MR) is 90.9 cm³/mol. The van der Waals surface area contributed by atoms with E-state index in [1.807, 2.05) is 23.1 Å². The largest absolute Gasteiger partial charge is 0.495 e. The average molecular weight is 325 g/mol. The molecule has 2 atom stereocenters. The number of halogens is 1. The summed E-state index contributed by atoms with van der Waals surface area (Å²) in [5, 5.41) is 0. The molecular formula is C20H20FNO2. The Hall–Kier alpha value is -2.36. The first-order valence-corrected chi connectivity index (χ1v) is 8.42. The van der Waals surface area contributed by atoms with Crippen molar-refractivity contribution in [1.29, 1.82) is 0 Å². The molecule has 0 aromatic heterocycles. The fourth-order valence-corrected chi connectivity index (χ4v) is 3.77. The summed E-state index contributed by atoms with van der Waals surface area (Å²) < 4.78 is 18.9. The molecule has 3 nitrogen and oxygen atoms in total. The van der Waals surface area contributed by atoms with E-state index < -0.39 is 0 Å². The first kappa shape index (κ1) is 15.2. The molecule has 2 aromatic rings. The zero-order valence-corrected chi connectivity index (χ0v) is 13.7. The Morgan fingerprint density at radius 2 is 2.08 bits per heavy atom. The Bertz CT molecular complexity index is 775. The van der Waals surface area contributed by atoms with Gasteiger partial charge >= 0.3 is 0 Å². The quantitative estimate of drug-likeness (QED) is 0.856. The Kier molecular flexibility index (Phi) is 3.75. The smallest absolute Gasteiger partial charge is 0.230 e. The number of ether oxygens (including phenoxy) is 1. The summed E-state index contributed by atoms with van der Waals surface area (Å²) in [6.07, 6.45) is 2.72. The average Bonchev–Trinajstić information content (AvgIpc) is 3.41. The van der Waals surface area contributed by atoms with Crippen molar-refractivity contribution in [2.75, 3.05) is 18.6 Å². The summed E-state index contributed by atoms with van der Waals surface area (Å²) in [6.45, 7) is 0.721. The van der Waals surface area contributed by atoms with E-state index >= 15 is 0 Å². The number of hydrogen-bond donors (Lipinski definition) is 0. The second-order valence-electron chi connectivity index (χ2n) is 6.57. The van der Waals surface area contributed by atoms with Crippen molar-refractivity contribution in [2.24, 2.45) is 5.92 Å². The molecule has 1 aliphatic heterocycles. The van der Waals surface area contributed by atoms with Crippen LogP contribution in [0.2, 0.25) is 0 Å². The van der Waals surface area contributed by atoms with Crippen LogP contribution in [-0.2, 0) is 11.2 Å². The molecule has 1 saturated carbocycles. The van der Waals surface area contributed by atoms with Gasteiger partial charge in [0.05, 0.1) is 12.8 Å². The van der Waals surface area contributed by atoms with Gasteiger partial charge in [0.15, 0.2) is 0 Å². The van der Waals surface area contributed by atoms with Crippen LogP contribution in [0.15, 0.2) is 42.5 Å². The van der Waals surface area contributed by atoms with E-state index in [0.717, 1.165) is 48.4 Å². The zero-order valence-electron chi connectivity index (χ0n) is 13.7. The third-order valence-electron chi connectivity index (χ3n) is 5.05. The van der Waals surface area contributed by atoms with Crippen molar-refractivity contribution in [2.45, 2.75) is 25.2 Å². The molecule has 0 spiro atoms. The number of aryl methyl sites for hydroxylation is 1. The van der Waals surface area contributed by atoms with Gasteiger partial charge in [0.1, 0.15) is 11.6 Å².